The lowest BCUT2D eigenvalue weighted by atomic mass is 9.81. The van der Waals surface area contributed by atoms with Crippen molar-refractivity contribution in [3.8, 4) is 0 Å². The normalized spacial score (nSPS) is 17.8. The number of benzene rings is 1. The number of nitro benzene ring substituents is 1. The molecule has 1 fully saturated rings. The van der Waals surface area contributed by atoms with Gasteiger partial charge in [0.1, 0.15) is 0 Å². The van der Waals surface area contributed by atoms with Gasteiger partial charge in [0.05, 0.1) is 4.92 Å². The number of halogens is 1. The Bertz CT molecular complexity index is 390. The summed E-state index contributed by atoms with van der Waals surface area (Å²) in [7, 11) is 0. The maximum Gasteiger partial charge on any atom is 0.272 e. The number of nitro groups is 1. The first-order valence-electron chi connectivity index (χ1n) is 5.55. The summed E-state index contributed by atoms with van der Waals surface area (Å²) >= 11 is 3.65. The third-order valence-electron chi connectivity index (χ3n) is 3.26. The van der Waals surface area contributed by atoms with Crippen LogP contribution in [0.3, 0.4) is 0 Å². The van der Waals surface area contributed by atoms with Crippen molar-refractivity contribution in [3.63, 3.8) is 0 Å². The van der Waals surface area contributed by atoms with E-state index in [1.54, 1.807) is 12.1 Å². The molecule has 1 atom stereocenters. The highest BCUT2D eigenvalue weighted by Crippen LogP contribution is 2.36. The molecule has 0 bridgehead atoms. The van der Waals surface area contributed by atoms with E-state index in [0.717, 1.165) is 12.0 Å². The summed E-state index contributed by atoms with van der Waals surface area (Å²) in [5, 5.41) is 10.8. The standard InChI is InChI=1S/C12H14BrNO2/c13-11(9-5-3-6-9)8-10-4-1-2-7-12(10)14(15)16/h1-2,4,7,9,11H,3,5-6,8H2. The number of nitrogens with zero attached hydrogens (tertiary/aromatic N) is 1. The minimum absolute atomic E-state index is 0.242. The summed E-state index contributed by atoms with van der Waals surface area (Å²) < 4.78 is 0. The molecule has 1 aliphatic rings. The Labute approximate surface area is 103 Å². The second-order valence-electron chi connectivity index (χ2n) is 4.30. The summed E-state index contributed by atoms with van der Waals surface area (Å²) in [6.45, 7) is 0. The zero-order chi connectivity index (χ0) is 11.5. The van der Waals surface area contributed by atoms with Crippen molar-refractivity contribution in [1.82, 2.24) is 0 Å². The van der Waals surface area contributed by atoms with E-state index in [0.29, 0.717) is 10.7 Å². The molecular weight excluding hydrogens is 270 g/mol. The Morgan fingerprint density at radius 1 is 1.44 bits per heavy atom. The fourth-order valence-electron chi connectivity index (χ4n) is 2.04. The summed E-state index contributed by atoms with van der Waals surface area (Å²) in [6.07, 6.45) is 4.54. The van der Waals surface area contributed by atoms with Crippen LogP contribution < -0.4 is 0 Å². The molecule has 0 N–H and O–H groups in total. The maximum atomic E-state index is 10.8. The van der Waals surface area contributed by atoms with E-state index < -0.39 is 0 Å². The predicted octanol–water partition coefficient (Wildman–Crippen LogP) is 3.70. The van der Waals surface area contributed by atoms with Gasteiger partial charge in [0, 0.05) is 16.5 Å². The molecule has 0 radical (unpaired) electrons. The molecule has 0 saturated heterocycles. The molecule has 1 unspecified atom stereocenters. The van der Waals surface area contributed by atoms with Crippen molar-refractivity contribution in [2.45, 2.75) is 30.5 Å². The molecular formula is C12H14BrNO2. The van der Waals surface area contributed by atoms with Crippen molar-refractivity contribution >= 4 is 21.6 Å². The first kappa shape index (κ1) is 11.6. The number of hydrogen-bond acceptors (Lipinski definition) is 2. The first-order chi connectivity index (χ1) is 7.68. The Balaban J connectivity index is 2.10. The van der Waals surface area contributed by atoms with Gasteiger partial charge in [0.2, 0.25) is 0 Å². The van der Waals surface area contributed by atoms with Crippen LogP contribution >= 0.6 is 15.9 Å². The van der Waals surface area contributed by atoms with Gasteiger partial charge in [-0.25, -0.2) is 0 Å². The average Bonchev–Trinajstić information content (AvgIpc) is 2.15. The van der Waals surface area contributed by atoms with Gasteiger partial charge in [-0.15, -0.1) is 0 Å². The van der Waals surface area contributed by atoms with Gasteiger partial charge in [-0.2, -0.15) is 0 Å². The fraction of sp³-hybridized carbons (Fsp3) is 0.500. The van der Waals surface area contributed by atoms with Gasteiger partial charge in [-0.1, -0.05) is 40.5 Å². The Hall–Kier alpha value is -0.900. The van der Waals surface area contributed by atoms with Crippen molar-refractivity contribution in [2.24, 2.45) is 5.92 Å². The number of hydrogen-bond donors (Lipinski definition) is 0. The lowest BCUT2D eigenvalue weighted by molar-refractivity contribution is -0.385. The number of para-hydroxylation sites is 1. The molecule has 1 aromatic rings. The minimum Gasteiger partial charge on any atom is -0.258 e. The predicted molar refractivity (Wildman–Crippen MR) is 66.9 cm³/mol. The van der Waals surface area contributed by atoms with Crippen molar-refractivity contribution in [3.05, 3.63) is 39.9 Å². The highest BCUT2D eigenvalue weighted by molar-refractivity contribution is 9.09. The molecule has 16 heavy (non-hydrogen) atoms. The van der Waals surface area contributed by atoms with E-state index in [4.69, 9.17) is 0 Å². The third-order valence-corrected chi connectivity index (χ3v) is 4.34. The maximum absolute atomic E-state index is 10.8. The van der Waals surface area contributed by atoms with Crippen LogP contribution in [0.2, 0.25) is 0 Å². The molecule has 0 aromatic heterocycles. The van der Waals surface area contributed by atoms with Gasteiger partial charge in [0.15, 0.2) is 0 Å². The van der Waals surface area contributed by atoms with E-state index in [2.05, 4.69) is 15.9 Å². The second kappa shape index (κ2) is 4.95. The minimum atomic E-state index is -0.296. The van der Waals surface area contributed by atoms with Gasteiger partial charge in [0.25, 0.3) is 5.69 Å². The van der Waals surface area contributed by atoms with Crippen LogP contribution in [0.4, 0.5) is 5.69 Å². The molecule has 1 aromatic carbocycles. The SMILES string of the molecule is O=[N+]([O-])c1ccccc1CC(Br)C1CCC1. The van der Waals surface area contributed by atoms with Crippen molar-refractivity contribution in [2.75, 3.05) is 0 Å². The van der Waals surface area contributed by atoms with Crippen LogP contribution in [0, 0.1) is 16.0 Å². The number of rotatable bonds is 4. The largest absolute Gasteiger partial charge is 0.272 e. The monoisotopic (exact) mass is 283 g/mol. The van der Waals surface area contributed by atoms with Crippen LogP contribution in [0.15, 0.2) is 24.3 Å². The first-order valence-corrected chi connectivity index (χ1v) is 6.46. The average molecular weight is 284 g/mol. The summed E-state index contributed by atoms with van der Waals surface area (Å²) in [5.41, 5.74) is 1.08. The summed E-state index contributed by atoms with van der Waals surface area (Å²) in [4.78, 5) is 10.9. The van der Waals surface area contributed by atoms with E-state index in [9.17, 15) is 10.1 Å². The molecule has 1 saturated carbocycles. The van der Waals surface area contributed by atoms with Crippen LogP contribution in [-0.2, 0) is 6.42 Å². The molecule has 2 rings (SSSR count). The van der Waals surface area contributed by atoms with Crippen molar-refractivity contribution < 1.29 is 4.92 Å². The molecule has 3 nitrogen and oxygen atoms in total. The molecule has 0 amide bonds. The van der Waals surface area contributed by atoms with Crippen LogP contribution in [0.5, 0.6) is 0 Å². The quantitative estimate of drug-likeness (QED) is 0.480. The summed E-state index contributed by atoms with van der Waals surface area (Å²) in [5.74, 6) is 0.694. The van der Waals surface area contributed by atoms with Gasteiger partial charge in [-0.3, -0.25) is 10.1 Å². The van der Waals surface area contributed by atoms with E-state index in [1.807, 2.05) is 12.1 Å². The topological polar surface area (TPSA) is 43.1 Å². The smallest absolute Gasteiger partial charge is 0.258 e. The van der Waals surface area contributed by atoms with E-state index >= 15 is 0 Å². The Kier molecular flexibility index (Phi) is 3.59. The van der Waals surface area contributed by atoms with E-state index in [1.165, 1.54) is 19.3 Å². The van der Waals surface area contributed by atoms with Gasteiger partial charge >= 0.3 is 0 Å². The molecule has 4 heteroatoms. The highest BCUT2D eigenvalue weighted by atomic mass is 79.9. The Morgan fingerprint density at radius 3 is 2.69 bits per heavy atom. The van der Waals surface area contributed by atoms with E-state index in [-0.39, 0.29) is 10.6 Å². The third kappa shape index (κ3) is 2.43. The van der Waals surface area contributed by atoms with Crippen molar-refractivity contribution in [1.29, 1.82) is 0 Å². The molecule has 0 heterocycles. The zero-order valence-electron chi connectivity index (χ0n) is 8.93. The van der Waals surface area contributed by atoms with Crippen LogP contribution in [-0.4, -0.2) is 9.75 Å². The molecule has 0 aliphatic heterocycles. The highest BCUT2D eigenvalue weighted by Gasteiger charge is 2.27. The molecule has 1 aliphatic carbocycles. The fourth-order valence-corrected chi connectivity index (χ4v) is 2.92. The summed E-state index contributed by atoms with van der Waals surface area (Å²) in [6, 6.07) is 7.01. The molecule has 0 spiro atoms. The van der Waals surface area contributed by atoms with Gasteiger partial charge < -0.3 is 0 Å². The Morgan fingerprint density at radius 2 is 2.12 bits per heavy atom. The second-order valence-corrected chi connectivity index (χ2v) is 5.47. The lowest BCUT2D eigenvalue weighted by Gasteiger charge is -2.30. The van der Waals surface area contributed by atoms with Crippen LogP contribution in [0.1, 0.15) is 24.8 Å². The molecule has 86 valence electrons. The van der Waals surface area contributed by atoms with Gasteiger partial charge in [-0.05, 0) is 25.2 Å². The van der Waals surface area contributed by atoms with Crippen LogP contribution in [0.25, 0.3) is 0 Å². The number of alkyl halides is 1. The zero-order valence-corrected chi connectivity index (χ0v) is 10.5. The lowest BCUT2D eigenvalue weighted by Crippen LogP contribution is -2.23.